The van der Waals surface area contributed by atoms with Crippen LogP contribution in [-0.4, -0.2) is 58.2 Å². The lowest BCUT2D eigenvalue weighted by Crippen LogP contribution is -2.45. The van der Waals surface area contributed by atoms with Crippen molar-refractivity contribution < 1.29 is 0 Å². The molecule has 2 aromatic rings. The lowest BCUT2D eigenvalue weighted by Gasteiger charge is -2.33. The van der Waals surface area contributed by atoms with E-state index in [2.05, 4.69) is 37.6 Å². The maximum atomic E-state index is 4.29. The average molecular weight is 457 g/mol. The first kappa shape index (κ1) is 19.9. The Hall–Kier alpha value is -1.42. The van der Waals surface area contributed by atoms with Crippen LogP contribution in [0.25, 0.3) is 5.65 Å². The summed E-state index contributed by atoms with van der Waals surface area (Å²) in [6, 6.07) is 6.58. The Morgan fingerprint density at radius 1 is 1.28 bits per heavy atom. The molecule has 3 heterocycles. The first-order valence-corrected chi connectivity index (χ1v) is 8.75. The average Bonchev–Trinajstić information content (AvgIpc) is 3.03. The van der Waals surface area contributed by atoms with E-state index in [1.165, 1.54) is 25.8 Å². The van der Waals surface area contributed by atoms with Crippen LogP contribution < -0.4 is 10.6 Å². The largest absolute Gasteiger partial charge is 0.355 e. The van der Waals surface area contributed by atoms with Gasteiger partial charge in [0.2, 0.25) is 0 Å². The van der Waals surface area contributed by atoms with Crippen molar-refractivity contribution in [2.24, 2.45) is 4.99 Å². The van der Waals surface area contributed by atoms with Gasteiger partial charge in [-0.2, -0.15) is 0 Å². The Balaban J connectivity index is 0.00000225. The number of halogens is 1. The van der Waals surface area contributed by atoms with Crippen LogP contribution in [-0.2, 0) is 6.54 Å². The van der Waals surface area contributed by atoms with Crippen LogP contribution in [0.4, 0.5) is 0 Å². The molecule has 7 nitrogen and oxygen atoms in total. The van der Waals surface area contributed by atoms with Crippen LogP contribution in [0.15, 0.2) is 29.4 Å². The van der Waals surface area contributed by atoms with Gasteiger partial charge in [-0.15, -0.1) is 34.2 Å². The minimum absolute atomic E-state index is 0. The highest BCUT2D eigenvalue weighted by Crippen LogP contribution is 2.15. The van der Waals surface area contributed by atoms with Crippen molar-refractivity contribution in [1.82, 2.24) is 30.1 Å². The maximum absolute atomic E-state index is 4.29. The number of nitrogens with one attached hydrogen (secondary N) is 2. The summed E-state index contributed by atoms with van der Waals surface area (Å²) in [5.41, 5.74) is 0.858. The molecular weight excluding hydrogens is 429 g/mol. The number of hydrogen-bond acceptors (Lipinski definition) is 4. The predicted molar refractivity (Wildman–Crippen MR) is 111 cm³/mol. The van der Waals surface area contributed by atoms with Crippen LogP contribution in [0, 0.1) is 0 Å². The summed E-state index contributed by atoms with van der Waals surface area (Å²) >= 11 is 0. The molecule has 0 aromatic carbocycles. The highest BCUT2D eigenvalue weighted by Gasteiger charge is 2.17. The molecule has 3 rings (SSSR count). The van der Waals surface area contributed by atoms with Crippen molar-refractivity contribution in [3.63, 3.8) is 0 Å². The second-order valence-electron chi connectivity index (χ2n) is 6.28. The van der Waals surface area contributed by atoms with E-state index in [9.17, 15) is 0 Å². The van der Waals surface area contributed by atoms with Gasteiger partial charge in [0.25, 0.3) is 0 Å². The number of likely N-dealkylation sites (tertiary alicyclic amines) is 1. The van der Waals surface area contributed by atoms with E-state index in [0.717, 1.165) is 30.5 Å². The number of aromatic nitrogens is 3. The SMILES string of the molecule is CN=C(NCCN1CCCCC1C)NCc1nnc2ccccn12.I. The van der Waals surface area contributed by atoms with Gasteiger partial charge in [-0.1, -0.05) is 12.5 Å². The van der Waals surface area contributed by atoms with E-state index in [4.69, 9.17) is 0 Å². The Kier molecular flexibility index (Phi) is 7.89. The molecule has 0 bridgehead atoms. The van der Waals surface area contributed by atoms with Gasteiger partial charge >= 0.3 is 0 Å². The highest BCUT2D eigenvalue weighted by molar-refractivity contribution is 14.0. The molecule has 0 radical (unpaired) electrons. The standard InChI is InChI=1S/C17H27N7.HI/c1-14-7-3-5-10-23(14)12-9-19-17(18-2)20-13-16-22-21-15-8-4-6-11-24(15)16;/h4,6,8,11,14H,3,5,7,9-10,12-13H2,1-2H3,(H2,18,19,20);1H. The van der Waals surface area contributed by atoms with Crippen molar-refractivity contribution in [2.75, 3.05) is 26.7 Å². The van der Waals surface area contributed by atoms with Gasteiger partial charge in [-0.25, -0.2) is 0 Å². The molecule has 1 unspecified atom stereocenters. The number of hydrogen-bond donors (Lipinski definition) is 2. The molecule has 0 aliphatic carbocycles. The highest BCUT2D eigenvalue weighted by atomic mass is 127. The van der Waals surface area contributed by atoms with E-state index in [0.29, 0.717) is 12.6 Å². The summed E-state index contributed by atoms with van der Waals surface area (Å²) in [5, 5.41) is 15.1. The molecule has 0 amide bonds. The molecule has 1 aliphatic heterocycles. The maximum Gasteiger partial charge on any atom is 0.191 e. The molecule has 1 aliphatic rings. The third kappa shape index (κ3) is 5.27. The molecule has 2 aromatic heterocycles. The van der Waals surface area contributed by atoms with E-state index < -0.39 is 0 Å². The van der Waals surface area contributed by atoms with Gasteiger partial charge < -0.3 is 10.6 Å². The topological polar surface area (TPSA) is 69.8 Å². The number of pyridine rings is 1. The third-order valence-corrected chi connectivity index (χ3v) is 4.65. The van der Waals surface area contributed by atoms with Gasteiger partial charge in [0.1, 0.15) is 0 Å². The van der Waals surface area contributed by atoms with Crippen LogP contribution >= 0.6 is 24.0 Å². The lowest BCUT2D eigenvalue weighted by atomic mass is 10.0. The van der Waals surface area contributed by atoms with Gasteiger partial charge in [-0.3, -0.25) is 14.3 Å². The predicted octanol–water partition coefficient (Wildman–Crippen LogP) is 1.89. The minimum Gasteiger partial charge on any atom is -0.355 e. The van der Waals surface area contributed by atoms with Crippen LogP contribution in [0.5, 0.6) is 0 Å². The zero-order chi connectivity index (χ0) is 16.8. The van der Waals surface area contributed by atoms with Gasteiger partial charge in [0.05, 0.1) is 6.54 Å². The van der Waals surface area contributed by atoms with Crippen molar-refractivity contribution in [2.45, 2.75) is 38.8 Å². The van der Waals surface area contributed by atoms with Crippen molar-refractivity contribution in [1.29, 1.82) is 0 Å². The van der Waals surface area contributed by atoms with E-state index in [1.54, 1.807) is 7.05 Å². The number of guanidine groups is 1. The molecule has 1 fully saturated rings. The van der Waals surface area contributed by atoms with Crippen LogP contribution in [0.1, 0.15) is 32.0 Å². The quantitative estimate of drug-likeness (QED) is 0.408. The number of nitrogens with zero attached hydrogens (tertiary/aromatic N) is 5. The molecule has 25 heavy (non-hydrogen) atoms. The fourth-order valence-corrected chi connectivity index (χ4v) is 3.20. The molecule has 0 saturated carbocycles. The Bertz CT molecular complexity index is 684. The van der Waals surface area contributed by atoms with E-state index in [-0.39, 0.29) is 24.0 Å². The monoisotopic (exact) mass is 457 g/mol. The van der Waals surface area contributed by atoms with Gasteiger partial charge in [0.15, 0.2) is 17.4 Å². The summed E-state index contributed by atoms with van der Waals surface area (Å²) < 4.78 is 1.98. The molecule has 2 N–H and O–H groups in total. The first-order valence-electron chi connectivity index (χ1n) is 8.75. The molecule has 1 atom stereocenters. The Morgan fingerprint density at radius 3 is 2.96 bits per heavy atom. The van der Waals surface area contributed by atoms with Crippen molar-refractivity contribution in [3.05, 3.63) is 30.2 Å². The number of piperidine rings is 1. The minimum atomic E-state index is 0. The third-order valence-electron chi connectivity index (χ3n) is 4.65. The smallest absolute Gasteiger partial charge is 0.191 e. The fourth-order valence-electron chi connectivity index (χ4n) is 3.20. The summed E-state index contributed by atoms with van der Waals surface area (Å²) in [6.45, 7) is 6.06. The summed E-state index contributed by atoms with van der Waals surface area (Å²) in [6.07, 6.45) is 5.96. The van der Waals surface area contributed by atoms with Crippen molar-refractivity contribution in [3.8, 4) is 0 Å². The zero-order valence-corrected chi connectivity index (χ0v) is 17.3. The van der Waals surface area contributed by atoms with Crippen LogP contribution in [0.2, 0.25) is 0 Å². The van der Waals surface area contributed by atoms with Gasteiger partial charge in [0, 0.05) is 32.4 Å². The number of aliphatic imine (C=N–C) groups is 1. The molecule has 1 saturated heterocycles. The van der Waals surface area contributed by atoms with Gasteiger partial charge in [-0.05, 0) is 38.4 Å². The van der Waals surface area contributed by atoms with E-state index >= 15 is 0 Å². The Morgan fingerprint density at radius 2 is 2.16 bits per heavy atom. The first-order chi connectivity index (χ1) is 11.8. The zero-order valence-electron chi connectivity index (χ0n) is 15.0. The Labute approximate surface area is 166 Å². The molecule has 138 valence electrons. The summed E-state index contributed by atoms with van der Waals surface area (Å²) in [5.74, 6) is 1.67. The summed E-state index contributed by atoms with van der Waals surface area (Å²) in [4.78, 5) is 6.84. The summed E-state index contributed by atoms with van der Waals surface area (Å²) in [7, 11) is 1.79. The molecule has 8 heteroatoms. The lowest BCUT2D eigenvalue weighted by molar-refractivity contribution is 0.163. The van der Waals surface area contributed by atoms with E-state index in [1.807, 2.05) is 28.8 Å². The second kappa shape index (κ2) is 9.91. The number of rotatable bonds is 5. The normalized spacial score (nSPS) is 18.8. The second-order valence-corrected chi connectivity index (χ2v) is 6.28. The number of fused-ring (bicyclic) bond motifs is 1. The molecule has 0 spiro atoms. The van der Waals surface area contributed by atoms with Crippen molar-refractivity contribution >= 4 is 35.6 Å². The fraction of sp³-hybridized carbons (Fsp3) is 0.588. The van der Waals surface area contributed by atoms with Crippen LogP contribution in [0.3, 0.4) is 0 Å². The molecular formula is C17H28IN7.